The Morgan fingerprint density at radius 3 is 3.00 bits per heavy atom. The number of carbonyl (C=O) groups excluding carboxylic acids is 1. The van der Waals surface area contributed by atoms with E-state index < -0.39 is 6.04 Å². The van der Waals surface area contributed by atoms with E-state index >= 15 is 0 Å². The lowest BCUT2D eigenvalue weighted by Crippen LogP contribution is -2.31. The van der Waals surface area contributed by atoms with E-state index in [1.54, 1.807) is 6.20 Å². The maximum Gasteiger partial charge on any atom is 0.322 e. The SMILES string of the molecule is COC(=O)C(N)CCc1ccccn1. The van der Waals surface area contributed by atoms with E-state index in [1.165, 1.54) is 7.11 Å². The van der Waals surface area contributed by atoms with Gasteiger partial charge in [0, 0.05) is 11.9 Å². The second kappa shape index (κ2) is 5.34. The summed E-state index contributed by atoms with van der Waals surface area (Å²) in [4.78, 5) is 15.1. The first-order valence-electron chi connectivity index (χ1n) is 4.47. The number of nitrogens with two attached hydrogens (primary N) is 1. The highest BCUT2D eigenvalue weighted by molar-refractivity contribution is 5.75. The number of ether oxygens (including phenoxy) is 1. The highest BCUT2D eigenvalue weighted by atomic mass is 16.5. The van der Waals surface area contributed by atoms with Crippen LogP contribution in [0.25, 0.3) is 0 Å². The highest BCUT2D eigenvalue weighted by Gasteiger charge is 2.13. The number of hydrogen-bond acceptors (Lipinski definition) is 4. The zero-order valence-corrected chi connectivity index (χ0v) is 8.14. The van der Waals surface area contributed by atoms with Crippen LogP contribution in [0.1, 0.15) is 12.1 Å². The Morgan fingerprint density at radius 1 is 1.64 bits per heavy atom. The molecule has 0 spiro atoms. The van der Waals surface area contributed by atoms with Gasteiger partial charge in [-0.15, -0.1) is 0 Å². The smallest absolute Gasteiger partial charge is 0.322 e. The van der Waals surface area contributed by atoms with Crippen molar-refractivity contribution in [3.05, 3.63) is 30.1 Å². The van der Waals surface area contributed by atoms with E-state index in [4.69, 9.17) is 5.73 Å². The summed E-state index contributed by atoms with van der Waals surface area (Å²) in [5.41, 5.74) is 6.51. The number of pyridine rings is 1. The van der Waals surface area contributed by atoms with Gasteiger partial charge in [-0.25, -0.2) is 0 Å². The molecule has 0 bridgehead atoms. The lowest BCUT2D eigenvalue weighted by atomic mass is 10.1. The average Bonchev–Trinajstić information content (AvgIpc) is 2.26. The molecule has 1 unspecified atom stereocenters. The number of carbonyl (C=O) groups is 1. The number of aromatic nitrogens is 1. The minimum absolute atomic E-state index is 0.374. The van der Waals surface area contributed by atoms with Crippen molar-refractivity contribution in [1.82, 2.24) is 4.98 Å². The molecule has 1 atom stereocenters. The maximum atomic E-state index is 11.0. The third kappa shape index (κ3) is 3.14. The number of methoxy groups -OCH3 is 1. The molecule has 0 saturated heterocycles. The van der Waals surface area contributed by atoms with Crippen LogP contribution in [-0.4, -0.2) is 24.1 Å². The molecule has 0 aliphatic rings. The second-order valence-electron chi connectivity index (χ2n) is 2.99. The molecule has 0 saturated carbocycles. The molecule has 0 aliphatic carbocycles. The van der Waals surface area contributed by atoms with Gasteiger partial charge in [-0.05, 0) is 25.0 Å². The first-order valence-corrected chi connectivity index (χ1v) is 4.47. The van der Waals surface area contributed by atoms with Crippen LogP contribution in [0.3, 0.4) is 0 Å². The molecular weight excluding hydrogens is 180 g/mol. The first-order chi connectivity index (χ1) is 6.74. The Hall–Kier alpha value is -1.42. The summed E-state index contributed by atoms with van der Waals surface area (Å²) in [6, 6.07) is 5.11. The normalized spacial score (nSPS) is 12.1. The highest BCUT2D eigenvalue weighted by Crippen LogP contribution is 2.01. The van der Waals surface area contributed by atoms with Crippen molar-refractivity contribution in [3.8, 4) is 0 Å². The minimum Gasteiger partial charge on any atom is -0.468 e. The van der Waals surface area contributed by atoms with E-state index in [1.807, 2.05) is 18.2 Å². The van der Waals surface area contributed by atoms with E-state index in [0.29, 0.717) is 12.8 Å². The summed E-state index contributed by atoms with van der Waals surface area (Å²) in [5, 5.41) is 0. The van der Waals surface area contributed by atoms with Crippen LogP contribution in [0, 0.1) is 0 Å². The summed E-state index contributed by atoms with van der Waals surface area (Å²) < 4.78 is 4.52. The molecule has 0 radical (unpaired) electrons. The van der Waals surface area contributed by atoms with Gasteiger partial charge in [0.1, 0.15) is 6.04 Å². The number of esters is 1. The molecule has 14 heavy (non-hydrogen) atoms. The molecule has 0 amide bonds. The fourth-order valence-electron chi connectivity index (χ4n) is 1.12. The molecule has 76 valence electrons. The topological polar surface area (TPSA) is 65.2 Å². The largest absolute Gasteiger partial charge is 0.468 e. The summed E-state index contributed by atoms with van der Waals surface area (Å²) >= 11 is 0. The molecule has 1 aromatic heterocycles. The van der Waals surface area contributed by atoms with Gasteiger partial charge in [-0.1, -0.05) is 6.07 Å². The van der Waals surface area contributed by atoms with Crippen LogP contribution in [0.15, 0.2) is 24.4 Å². The summed E-state index contributed by atoms with van der Waals surface area (Å²) in [6.45, 7) is 0. The van der Waals surface area contributed by atoms with Crippen LogP contribution in [0.5, 0.6) is 0 Å². The van der Waals surface area contributed by atoms with Crippen LogP contribution in [0.4, 0.5) is 0 Å². The molecule has 4 nitrogen and oxygen atoms in total. The van der Waals surface area contributed by atoms with Crippen molar-refractivity contribution in [1.29, 1.82) is 0 Å². The van der Waals surface area contributed by atoms with E-state index in [0.717, 1.165) is 5.69 Å². The van der Waals surface area contributed by atoms with E-state index in [9.17, 15) is 4.79 Å². The standard InChI is InChI=1S/C10H14N2O2/c1-14-10(13)9(11)6-5-8-4-2-3-7-12-8/h2-4,7,9H,5-6,11H2,1H3. The van der Waals surface area contributed by atoms with Gasteiger partial charge >= 0.3 is 5.97 Å². The molecule has 0 aromatic carbocycles. The van der Waals surface area contributed by atoms with Gasteiger partial charge in [-0.2, -0.15) is 0 Å². The molecule has 1 aromatic rings. The quantitative estimate of drug-likeness (QED) is 0.709. The molecule has 4 heteroatoms. The molecular formula is C10H14N2O2. The Balaban J connectivity index is 2.38. The van der Waals surface area contributed by atoms with Crippen molar-refractivity contribution in [2.24, 2.45) is 5.73 Å². The number of rotatable bonds is 4. The van der Waals surface area contributed by atoms with Crippen LogP contribution in [-0.2, 0) is 16.0 Å². The summed E-state index contributed by atoms with van der Waals surface area (Å²) in [6.07, 6.45) is 2.97. The number of hydrogen-bond donors (Lipinski definition) is 1. The lowest BCUT2D eigenvalue weighted by molar-refractivity contribution is -0.142. The summed E-state index contributed by atoms with van der Waals surface area (Å²) in [5.74, 6) is -0.374. The average molecular weight is 194 g/mol. The second-order valence-corrected chi connectivity index (χ2v) is 2.99. The van der Waals surface area contributed by atoms with Crippen molar-refractivity contribution in [3.63, 3.8) is 0 Å². The zero-order chi connectivity index (χ0) is 10.4. The number of nitrogens with zero attached hydrogens (tertiary/aromatic N) is 1. The predicted octanol–water partition coefficient (Wildman–Crippen LogP) is 0.514. The van der Waals surface area contributed by atoms with Crippen molar-refractivity contribution >= 4 is 5.97 Å². The van der Waals surface area contributed by atoms with Gasteiger partial charge in [0.15, 0.2) is 0 Å². The minimum atomic E-state index is -0.554. The third-order valence-electron chi connectivity index (χ3n) is 1.94. The van der Waals surface area contributed by atoms with Gasteiger partial charge in [0.25, 0.3) is 0 Å². The van der Waals surface area contributed by atoms with Gasteiger partial charge < -0.3 is 10.5 Å². The Morgan fingerprint density at radius 2 is 2.43 bits per heavy atom. The predicted molar refractivity (Wildman–Crippen MR) is 52.5 cm³/mol. The van der Waals surface area contributed by atoms with Crippen LogP contribution < -0.4 is 5.73 Å². The molecule has 0 aliphatic heterocycles. The van der Waals surface area contributed by atoms with Crippen LogP contribution in [0.2, 0.25) is 0 Å². The maximum absolute atomic E-state index is 11.0. The Kier molecular flexibility index (Phi) is 4.07. The Bertz CT molecular complexity index is 287. The molecule has 2 N–H and O–H groups in total. The molecule has 0 fully saturated rings. The van der Waals surface area contributed by atoms with Crippen molar-refractivity contribution in [2.75, 3.05) is 7.11 Å². The van der Waals surface area contributed by atoms with Gasteiger partial charge in [-0.3, -0.25) is 9.78 Å². The lowest BCUT2D eigenvalue weighted by Gasteiger charge is -2.07. The van der Waals surface area contributed by atoms with Crippen molar-refractivity contribution in [2.45, 2.75) is 18.9 Å². The summed E-state index contributed by atoms with van der Waals surface area (Å²) in [7, 11) is 1.34. The number of aryl methyl sites for hydroxylation is 1. The zero-order valence-electron chi connectivity index (χ0n) is 8.14. The van der Waals surface area contributed by atoms with E-state index in [-0.39, 0.29) is 5.97 Å². The molecule has 1 rings (SSSR count). The van der Waals surface area contributed by atoms with Gasteiger partial charge in [0.05, 0.1) is 7.11 Å². The van der Waals surface area contributed by atoms with Crippen LogP contribution >= 0.6 is 0 Å². The van der Waals surface area contributed by atoms with Gasteiger partial charge in [0.2, 0.25) is 0 Å². The molecule has 1 heterocycles. The third-order valence-corrected chi connectivity index (χ3v) is 1.94. The van der Waals surface area contributed by atoms with E-state index in [2.05, 4.69) is 9.72 Å². The monoisotopic (exact) mass is 194 g/mol. The first kappa shape index (κ1) is 10.7. The Labute approximate surface area is 83.1 Å². The fraction of sp³-hybridized carbons (Fsp3) is 0.400. The fourth-order valence-corrected chi connectivity index (χ4v) is 1.12. The van der Waals surface area contributed by atoms with Crippen molar-refractivity contribution < 1.29 is 9.53 Å².